The van der Waals surface area contributed by atoms with Gasteiger partial charge in [-0.05, 0) is 109 Å². The molecule has 0 bridgehead atoms. The van der Waals surface area contributed by atoms with E-state index in [0.717, 1.165) is 29.7 Å². The summed E-state index contributed by atoms with van der Waals surface area (Å²) in [5.74, 6) is -1.55. The number of nitrogens with one attached hydrogen (secondary N) is 4. The number of hydrogen-bond donors (Lipinski definition) is 4. The van der Waals surface area contributed by atoms with E-state index in [1.165, 1.54) is 19.8 Å². The van der Waals surface area contributed by atoms with Crippen LogP contribution in [-0.2, 0) is 34.1 Å². The Bertz CT molecular complexity index is 2050. The molecule has 3 aliphatic rings. The maximum absolute atomic E-state index is 13.7. The zero-order chi connectivity index (χ0) is 47.2. The van der Waals surface area contributed by atoms with Crippen LogP contribution in [-0.4, -0.2) is 103 Å². The number of rotatable bonds is 13. The molecule has 6 rings (SSSR count). The van der Waals surface area contributed by atoms with Crippen LogP contribution >= 0.6 is 0 Å². The van der Waals surface area contributed by atoms with Crippen LogP contribution in [0, 0.1) is 11.8 Å². The zero-order valence-electron chi connectivity index (χ0n) is 39.8. The Morgan fingerprint density at radius 3 is 1.29 bits per heavy atom. The zero-order valence-corrected chi connectivity index (χ0v) is 39.8. The monoisotopic (exact) mass is 912 g/mol. The summed E-state index contributed by atoms with van der Waals surface area (Å²) in [4.78, 5) is 84.1. The second-order valence-corrected chi connectivity index (χ2v) is 19.1. The highest BCUT2D eigenvalue weighted by molar-refractivity contribution is 5.99. The molecule has 66 heavy (non-hydrogen) atoms. The van der Waals surface area contributed by atoms with Crippen LogP contribution in [0.3, 0.4) is 0 Å². The molecule has 16 nitrogen and oxygen atoms in total. The average molecular weight is 912 g/mol. The van der Waals surface area contributed by atoms with E-state index in [4.69, 9.17) is 9.47 Å². The van der Waals surface area contributed by atoms with Crippen LogP contribution in [0.1, 0.15) is 116 Å². The molecule has 3 aromatic carbocycles. The minimum Gasteiger partial charge on any atom is -0.453 e. The number of hydrogen-bond acceptors (Lipinski definition) is 9. The molecule has 6 atom stereocenters. The summed E-state index contributed by atoms with van der Waals surface area (Å²) in [7, 11) is 2.50. The van der Waals surface area contributed by atoms with Gasteiger partial charge in [-0.25, -0.2) is 9.59 Å². The lowest BCUT2D eigenvalue weighted by molar-refractivity contribution is -0.139. The molecular formula is C50H69N7O9. The number of carbonyl (C=O) groups excluding carboxylic acids is 6. The van der Waals surface area contributed by atoms with Gasteiger partial charge in [0.05, 0.1) is 26.3 Å². The summed E-state index contributed by atoms with van der Waals surface area (Å²) >= 11 is 0. The van der Waals surface area contributed by atoms with E-state index in [1.54, 1.807) is 9.80 Å². The summed E-state index contributed by atoms with van der Waals surface area (Å²) < 4.78 is 9.49. The highest BCUT2D eigenvalue weighted by Gasteiger charge is 2.41. The van der Waals surface area contributed by atoms with Crippen molar-refractivity contribution in [3.63, 3.8) is 0 Å². The van der Waals surface area contributed by atoms with Crippen LogP contribution in [0.5, 0.6) is 0 Å². The Morgan fingerprint density at radius 2 is 0.955 bits per heavy atom. The number of amides is 6. The molecule has 3 aliphatic heterocycles. The predicted octanol–water partition coefficient (Wildman–Crippen LogP) is 6.86. The van der Waals surface area contributed by atoms with Gasteiger partial charge in [0.2, 0.25) is 23.6 Å². The van der Waals surface area contributed by atoms with Crippen molar-refractivity contribution in [1.29, 1.82) is 0 Å². The third kappa shape index (κ3) is 11.6. The largest absolute Gasteiger partial charge is 0.453 e. The van der Waals surface area contributed by atoms with Crippen molar-refractivity contribution >= 4 is 52.9 Å². The lowest BCUT2D eigenvalue weighted by Gasteiger charge is -2.34. The average Bonchev–Trinajstić information content (AvgIpc) is 4.08. The molecule has 3 fully saturated rings. The number of alkyl carbamates (subject to hydrolysis) is 2. The van der Waals surface area contributed by atoms with Crippen molar-refractivity contribution in [1.82, 2.24) is 20.4 Å². The van der Waals surface area contributed by atoms with Gasteiger partial charge in [0, 0.05) is 30.2 Å². The molecule has 0 unspecified atom stereocenters. The van der Waals surface area contributed by atoms with Gasteiger partial charge in [0.25, 0.3) is 0 Å². The first-order valence-electron chi connectivity index (χ1n) is 22.9. The minimum atomic E-state index is -0.814. The molecule has 3 saturated heterocycles. The SMILES string of the molecule is COC(=O)N[C@H](C(=O)N1CCC[C@H]1C(=O)Nc1ccc([C@@H]2CC[C@@H](c3ccc(NC(=O)[C@@H]4CCCN4C(=O)[C@@H](NC(=O)OC)C(C)C)cc3)N2c2ccc(C(C)(C)C)cc2)cc1)C(C)C.O. The topological polar surface area (TPSA) is 210 Å². The van der Waals surface area contributed by atoms with E-state index >= 15 is 0 Å². The fourth-order valence-electron chi connectivity index (χ4n) is 9.35. The molecule has 0 saturated carbocycles. The van der Waals surface area contributed by atoms with Gasteiger partial charge in [-0.2, -0.15) is 0 Å². The second-order valence-electron chi connectivity index (χ2n) is 19.1. The number of nitrogens with zero attached hydrogens (tertiary/aromatic N) is 3. The highest BCUT2D eigenvalue weighted by atomic mass is 16.5. The van der Waals surface area contributed by atoms with Crippen molar-refractivity contribution in [3.05, 3.63) is 89.5 Å². The Labute approximate surface area is 388 Å². The molecule has 3 heterocycles. The molecule has 0 aromatic heterocycles. The fourth-order valence-corrected chi connectivity index (χ4v) is 9.35. The van der Waals surface area contributed by atoms with Crippen molar-refractivity contribution < 1.29 is 43.7 Å². The third-order valence-corrected chi connectivity index (χ3v) is 13.0. The van der Waals surface area contributed by atoms with Gasteiger partial charge in [-0.15, -0.1) is 0 Å². The maximum atomic E-state index is 13.7. The van der Waals surface area contributed by atoms with Crippen LogP contribution < -0.4 is 26.2 Å². The molecule has 6 amide bonds. The van der Waals surface area contributed by atoms with Gasteiger partial charge in [-0.3, -0.25) is 19.2 Å². The molecule has 16 heteroatoms. The van der Waals surface area contributed by atoms with Gasteiger partial charge in [-0.1, -0.05) is 84.9 Å². The Kier molecular flexibility index (Phi) is 16.9. The summed E-state index contributed by atoms with van der Waals surface area (Å²) in [6.45, 7) is 14.8. The predicted molar refractivity (Wildman–Crippen MR) is 254 cm³/mol. The molecular weight excluding hydrogens is 843 g/mol. The van der Waals surface area contributed by atoms with Gasteiger partial charge in [0.1, 0.15) is 24.2 Å². The van der Waals surface area contributed by atoms with Crippen molar-refractivity contribution in [3.8, 4) is 0 Å². The van der Waals surface area contributed by atoms with Gasteiger partial charge >= 0.3 is 12.2 Å². The Balaban J connectivity index is 0.00000817. The quantitative estimate of drug-likeness (QED) is 0.141. The van der Waals surface area contributed by atoms with E-state index in [-0.39, 0.29) is 58.4 Å². The first kappa shape index (κ1) is 50.8. The number of anilines is 3. The smallest absolute Gasteiger partial charge is 0.407 e. The lowest BCUT2D eigenvalue weighted by atomic mass is 9.87. The second kappa shape index (κ2) is 21.9. The van der Waals surface area contributed by atoms with E-state index < -0.39 is 36.4 Å². The van der Waals surface area contributed by atoms with Crippen molar-refractivity contribution in [2.75, 3.05) is 42.8 Å². The number of ether oxygens (including phenoxy) is 2. The Morgan fingerprint density at radius 1 is 0.576 bits per heavy atom. The minimum absolute atomic E-state index is 0. The summed E-state index contributed by atoms with van der Waals surface area (Å²) in [6, 6.07) is 21.7. The van der Waals surface area contributed by atoms with E-state index in [2.05, 4.69) is 95.5 Å². The number of likely N-dealkylation sites (tertiary alicyclic amines) is 2. The third-order valence-electron chi connectivity index (χ3n) is 13.0. The van der Waals surface area contributed by atoms with Crippen molar-refractivity contribution in [2.45, 2.75) is 129 Å². The molecule has 0 radical (unpaired) electrons. The molecule has 358 valence electrons. The summed E-state index contributed by atoms with van der Waals surface area (Å²) in [6.07, 6.45) is 2.77. The molecule has 6 N–H and O–H groups in total. The van der Waals surface area contributed by atoms with Gasteiger partial charge in [0.15, 0.2) is 0 Å². The van der Waals surface area contributed by atoms with Crippen LogP contribution in [0.4, 0.5) is 26.7 Å². The standard InChI is InChI=1S/C50H67N7O8.H2O/c1-30(2)42(53-48(62)64-8)46(60)55-28-10-12-40(55)44(58)51-35-20-14-32(15-21-35)38-26-27-39(57(38)37-24-18-34(19-25-37)50(5,6)7)33-16-22-36(23-17-33)52-45(59)41-13-11-29-56(41)47(61)43(31(3)4)54-49(63)65-9;/h14-25,30-31,38-43H,10-13,26-29H2,1-9H3,(H,51,58)(H,52,59)(H,53,62)(H,54,63);1H2/t38-,39-,40-,41-,42-,43-;/m0./s1. The fraction of sp³-hybridized carbons (Fsp3) is 0.520. The first-order chi connectivity index (χ1) is 30.9. The van der Waals surface area contributed by atoms with E-state index in [0.29, 0.717) is 50.1 Å². The molecule has 0 spiro atoms. The number of carbonyl (C=O) groups is 6. The van der Waals surface area contributed by atoms with E-state index in [9.17, 15) is 28.8 Å². The van der Waals surface area contributed by atoms with Crippen LogP contribution in [0.25, 0.3) is 0 Å². The van der Waals surface area contributed by atoms with Crippen LogP contribution in [0.2, 0.25) is 0 Å². The maximum Gasteiger partial charge on any atom is 0.407 e. The first-order valence-corrected chi connectivity index (χ1v) is 22.9. The number of methoxy groups -OCH3 is 2. The molecule has 3 aromatic rings. The van der Waals surface area contributed by atoms with E-state index in [1.807, 2.05) is 52.0 Å². The number of benzene rings is 3. The summed E-state index contributed by atoms with van der Waals surface area (Å²) in [5.41, 5.74) is 5.75. The lowest BCUT2D eigenvalue weighted by Crippen LogP contribution is -2.54. The summed E-state index contributed by atoms with van der Waals surface area (Å²) in [5, 5.41) is 11.3. The normalized spacial score (nSPS) is 20.3. The molecule has 0 aliphatic carbocycles. The Hall–Kier alpha value is -6.16. The van der Waals surface area contributed by atoms with Gasteiger partial charge < -0.3 is 50.9 Å². The highest BCUT2D eigenvalue weighted by Crippen LogP contribution is 2.47. The van der Waals surface area contributed by atoms with Crippen molar-refractivity contribution in [2.24, 2.45) is 11.8 Å². The van der Waals surface area contributed by atoms with Crippen LogP contribution in [0.15, 0.2) is 72.8 Å².